The number of ether oxygens (including phenoxy) is 2. The molecule has 2 nitrogen and oxygen atoms in total. The van der Waals surface area contributed by atoms with Crippen molar-refractivity contribution in [2.75, 3.05) is 25.7 Å². The maximum absolute atomic E-state index is 6.50. The molecule has 2 aromatic carbocycles. The van der Waals surface area contributed by atoms with Crippen molar-refractivity contribution >= 4 is 35.0 Å². The van der Waals surface area contributed by atoms with Crippen molar-refractivity contribution in [2.45, 2.75) is 23.6 Å². The first-order valence-electron chi connectivity index (χ1n) is 8.23. The molecule has 0 aliphatic rings. The molecule has 0 heterocycles. The van der Waals surface area contributed by atoms with Gasteiger partial charge in [-0.15, -0.1) is 23.2 Å². The van der Waals surface area contributed by atoms with Crippen LogP contribution >= 0.6 is 35.0 Å². The molecule has 25 heavy (non-hydrogen) atoms. The molecule has 0 aliphatic carbocycles. The van der Waals surface area contributed by atoms with E-state index in [2.05, 4.69) is 12.1 Å². The number of hydrogen-bond acceptors (Lipinski definition) is 3. The van der Waals surface area contributed by atoms with Crippen molar-refractivity contribution in [3.8, 4) is 11.5 Å². The minimum Gasteiger partial charge on any atom is -0.496 e. The normalized spacial score (nSPS) is 13.3. The van der Waals surface area contributed by atoms with E-state index in [1.807, 2.05) is 36.4 Å². The van der Waals surface area contributed by atoms with E-state index >= 15 is 0 Å². The van der Waals surface area contributed by atoms with E-state index in [9.17, 15) is 0 Å². The topological polar surface area (TPSA) is 18.5 Å². The standard InChI is InChI=1S/C20H24Cl2O2S/c1-23-19-9-5-3-7-15(19)11-17(21)13-25-14-18(22)12-16-8-4-6-10-20(16)24-2/h3-10,17-18H,11-14H2,1-2H3. The zero-order valence-electron chi connectivity index (χ0n) is 14.6. The van der Waals surface area contributed by atoms with Crippen molar-refractivity contribution in [2.24, 2.45) is 0 Å². The van der Waals surface area contributed by atoms with E-state index in [1.165, 1.54) is 0 Å². The molecular formula is C20H24Cl2O2S. The van der Waals surface area contributed by atoms with Crippen LogP contribution in [0.1, 0.15) is 11.1 Å². The van der Waals surface area contributed by atoms with Crippen LogP contribution in [0, 0.1) is 0 Å². The fourth-order valence-electron chi connectivity index (χ4n) is 2.66. The smallest absolute Gasteiger partial charge is 0.122 e. The molecule has 2 rings (SSSR count). The van der Waals surface area contributed by atoms with Crippen LogP contribution in [0.2, 0.25) is 0 Å². The molecule has 0 N–H and O–H groups in total. The maximum atomic E-state index is 6.50. The summed E-state index contributed by atoms with van der Waals surface area (Å²) in [6, 6.07) is 16.0. The van der Waals surface area contributed by atoms with Crippen LogP contribution < -0.4 is 9.47 Å². The quantitative estimate of drug-likeness (QED) is 0.496. The number of alkyl halides is 2. The van der Waals surface area contributed by atoms with Gasteiger partial charge in [-0.05, 0) is 36.1 Å². The fraction of sp³-hybridized carbons (Fsp3) is 0.400. The van der Waals surface area contributed by atoms with Crippen LogP contribution in [-0.4, -0.2) is 36.5 Å². The van der Waals surface area contributed by atoms with Gasteiger partial charge in [0.25, 0.3) is 0 Å². The summed E-state index contributed by atoms with van der Waals surface area (Å²) in [5.74, 6) is 3.50. The first kappa shape index (κ1) is 20.3. The lowest BCUT2D eigenvalue weighted by atomic mass is 10.1. The number of benzene rings is 2. The largest absolute Gasteiger partial charge is 0.496 e. The molecule has 5 heteroatoms. The van der Waals surface area contributed by atoms with Crippen molar-refractivity contribution in [1.29, 1.82) is 0 Å². The third-order valence-corrected chi connectivity index (χ3v) is 6.12. The molecular weight excluding hydrogens is 375 g/mol. The summed E-state index contributed by atoms with van der Waals surface area (Å²) in [4.78, 5) is 0. The molecule has 0 amide bonds. The van der Waals surface area contributed by atoms with Gasteiger partial charge in [0.1, 0.15) is 11.5 Å². The van der Waals surface area contributed by atoms with Crippen LogP contribution in [0.5, 0.6) is 11.5 Å². The molecule has 0 radical (unpaired) electrons. The van der Waals surface area contributed by atoms with Crippen molar-refractivity contribution < 1.29 is 9.47 Å². The Morgan fingerprint density at radius 3 is 1.56 bits per heavy atom. The summed E-state index contributed by atoms with van der Waals surface area (Å²) < 4.78 is 10.8. The van der Waals surface area contributed by atoms with E-state index in [-0.39, 0.29) is 10.8 Å². The summed E-state index contributed by atoms with van der Waals surface area (Å²) >= 11 is 14.8. The van der Waals surface area contributed by atoms with Crippen LogP contribution in [0.25, 0.3) is 0 Å². The van der Waals surface area contributed by atoms with E-state index in [0.29, 0.717) is 0 Å². The fourth-order valence-corrected chi connectivity index (χ4v) is 4.41. The van der Waals surface area contributed by atoms with Gasteiger partial charge in [0, 0.05) is 22.3 Å². The number of hydrogen-bond donors (Lipinski definition) is 0. The van der Waals surface area contributed by atoms with Crippen molar-refractivity contribution in [3.63, 3.8) is 0 Å². The van der Waals surface area contributed by atoms with Gasteiger partial charge in [-0.1, -0.05) is 36.4 Å². The maximum Gasteiger partial charge on any atom is 0.122 e. The van der Waals surface area contributed by atoms with Gasteiger partial charge in [0.05, 0.1) is 14.2 Å². The number of methoxy groups -OCH3 is 2. The number of para-hydroxylation sites is 2. The summed E-state index contributed by atoms with van der Waals surface area (Å²) in [6.45, 7) is 0. The van der Waals surface area contributed by atoms with Gasteiger partial charge in [-0.3, -0.25) is 0 Å². The minimum absolute atomic E-state index is 0.0522. The molecule has 0 saturated carbocycles. The first-order valence-corrected chi connectivity index (χ1v) is 10.3. The van der Waals surface area contributed by atoms with Crippen LogP contribution in [0.15, 0.2) is 48.5 Å². The lowest BCUT2D eigenvalue weighted by Gasteiger charge is -2.15. The van der Waals surface area contributed by atoms with Crippen molar-refractivity contribution in [3.05, 3.63) is 59.7 Å². The zero-order valence-corrected chi connectivity index (χ0v) is 16.9. The van der Waals surface area contributed by atoms with E-state index in [4.69, 9.17) is 32.7 Å². The van der Waals surface area contributed by atoms with Gasteiger partial charge in [-0.2, -0.15) is 11.8 Å². The van der Waals surface area contributed by atoms with Crippen LogP contribution in [0.3, 0.4) is 0 Å². The van der Waals surface area contributed by atoms with Crippen LogP contribution in [-0.2, 0) is 12.8 Å². The SMILES string of the molecule is COc1ccccc1CC(Cl)CSCC(Cl)Cc1ccccc1OC. The summed E-state index contributed by atoms with van der Waals surface area (Å²) in [5.41, 5.74) is 2.28. The molecule has 136 valence electrons. The van der Waals surface area contributed by atoms with Gasteiger partial charge in [0.2, 0.25) is 0 Å². The second kappa shape index (κ2) is 10.8. The highest BCUT2D eigenvalue weighted by Crippen LogP contribution is 2.25. The third-order valence-electron chi connectivity index (χ3n) is 3.87. The Bertz CT molecular complexity index is 596. The average Bonchev–Trinajstić information content (AvgIpc) is 2.62. The molecule has 0 aliphatic heterocycles. The first-order chi connectivity index (χ1) is 12.1. The Labute approximate surface area is 164 Å². The predicted octanol–water partition coefficient (Wildman–Crippen LogP) is 5.44. The predicted molar refractivity (Wildman–Crippen MR) is 110 cm³/mol. The van der Waals surface area contributed by atoms with Gasteiger partial charge < -0.3 is 9.47 Å². The Morgan fingerprint density at radius 2 is 1.16 bits per heavy atom. The zero-order chi connectivity index (χ0) is 18.1. The molecule has 0 saturated heterocycles. The second-order valence-corrected chi connectivity index (χ2v) is 8.07. The third kappa shape index (κ3) is 6.65. The molecule has 0 aromatic heterocycles. The Balaban J connectivity index is 1.76. The van der Waals surface area contributed by atoms with E-state index in [0.717, 1.165) is 47.0 Å². The molecule has 2 aromatic rings. The second-order valence-electron chi connectivity index (χ2n) is 5.76. The summed E-state index contributed by atoms with van der Waals surface area (Å²) in [6.07, 6.45) is 1.58. The highest BCUT2D eigenvalue weighted by atomic mass is 35.5. The lowest BCUT2D eigenvalue weighted by molar-refractivity contribution is 0.409. The molecule has 2 atom stereocenters. The average molecular weight is 399 g/mol. The van der Waals surface area contributed by atoms with Crippen molar-refractivity contribution in [1.82, 2.24) is 0 Å². The molecule has 0 bridgehead atoms. The van der Waals surface area contributed by atoms with Gasteiger partial charge in [-0.25, -0.2) is 0 Å². The monoisotopic (exact) mass is 398 g/mol. The summed E-state index contributed by atoms with van der Waals surface area (Å²) in [5, 5.41) is 0.104. The summed E-state index contributed by atoms with van der Waals surface area (Å²) in [7, 11) is 3.37. The Hall–Kier alpha value is -1.03. The Morgan fingerprint density at radius 1 is 0.760 bits per heavy atom. The number of thioether (sulfide) groups is 1. The van der Waals surface area contributed by atoms with Gasteiger partial charge in [0.15, 0.2) is 0 Å². The highest BCUT2D eigenvalue weighted by molar-refractivity contribution is 7.99. The number of rotatable bonds is 10. The number of halogens is 2. The van der Waals surface area contributed by atoms with Crippen LogP contribution in [0.4, 0.5) is 0 Å². The minimum atomic E-state index is 0.0522. The Kier molecular flexibility index (Phi) is 8.80. The van der Waals surface area contributed by atoms with E-state index < -0.39 is 0 Å². The molecule has 2 unspecified atom stereocenters. The lowest BCUT2D eigenvalue weighted by Crippen LogP contribution is -2.12. The molecule has 0 fully saturated rings. The van der Waals surface area contributed by atoms with Gasteiger partial charge >= 0.3 is 0 Å². The molecule has 0 spiro atoms. The highest BCUT2D eigenvalue weighted by Gasteiger charge is 2.13. The van der Waals surface area contributed by atoms with E-state index in [1.54, 1.807) is 26.0 Å².